The molecule has 2 fully saturated rings. The molecule has 1 amide bonds. The molecule has 9 nitrogen and oxygen atoms in total. The molecule has 3 aliphatic heterocycles. The van der Waals surface area contributed by atoms with Crippen LogP contribution in [0.5, 0.6) is 0 Å². The highest BCUT2D eigenvalue weighted by atomic mass is 16.5. The first kappa shape index (κ1) is 18.5. The van der Waals surface area contributed by atoms with E-state index in [0.29, 0.717) is 18.2 Å². The Hall–Kier alpha value is -2.55. The highest BCUT2D eigenvalue weighted by Gasteiger charge is 2.31. The summed E-state index contributed by atoms with van der Waals surface area (Å²) in [6.07, 6.45) is 7.44. The van der Waals surface area contributed by atoms with Crippen molar-refractivity contribution in [2.24, 2.45) is 0 Å². The van der Waals surface area contributed by atoms with Crippen LogP contribution in [0, 0.1) is 0 Å². The fraction of sp³-hybridized carbons (Fsp3) is 0.650. The number of ether oxygens (including phenoxy) is 1. The van der Waals surface area contributed by atoms with Crippen LogP contribution in [0.2, 0.25) is 0 Å². The van der Waals surface area contributed by atoms with Crippen molar-refractivity contribution >= 4 is 11.7 Å². The highest BCUT2D eigenvalue weighted by Crippen LogP contribution is 2.32. The normalized spacial score (nSPS) is 22.7. The maximum atomic E-state index is 12.7. The number of amides is 1. The van der Waals surface area contributed by atoms with Gasteiger partial charge in [-0.3, -0.25) is 9.78 Å². The number of rotatable bonds is 3. The van der Waals surface area contributed by atoms with Crippen LogP contribution >= 0.6 is 0 Å². The van der Waals surface area contributed by atoms with Gasteiger partial charge < -0.3 is 19.1 Å². The van der Waals surface area contributed by atoms with E-state index in [1.807, 2.05) is 4.90 Å². The number of aromatic nitrogens is 5. The zero-order valence-corrected chi connectivity index (χ0v) is 16.8. The lowest BCUT2D eigenvalue weighted by Gasteiger charge is -2.34. The van der Waals surface area contributed by atoms with Gasteiger partial charge in [0.15, 0.2) is 5.82 Å². The van der Waals surface area contributed by atoms with E-state index in [4.69, 9.17) is 4.74 Å². The maximum Gasteiger partial charge on any atom is 0.274 e. The zero-order valence-electron chi connectivity index (χ0n) is 16.8. The largest absolute Gasteiger partial charge is 0.381 e. The molecular weight excluding hydrogens is 370 g/mol. The summed E-state index contributed by atoms with van der Waals surface area (Å²) in [4.78, 5) is 25.7. The summed E-state index contributed by atoms with van der Waals surface area (Å²) in [6.45, 7) is 6.80. The second-order valence-electron chi connectivity index (χ2n) is 8.22. The standard InChI is InChI=1S/C20H27N7O2/c1-14-12-26(13-18-23-24-19(27(14)18)15-4-8-29-9-5-15)17-11-21-10-16(22-17)20(28)25-6-2-3-7-25/h10-11,14-15H,2-9,12-13H2,1H3/t14-/m0/s1. The van der Waals surface area contributed by atoms with Gasteiger partial charge >= 0.3 is 0 Å². The van der Waals surface area contributed by atoms with Gasteiger partial charge in [-0.15, -0.1) is 10.2 Å². The third kappa shape index (κ3) is 3.48. The minimum absolute atomic E-state index is 0.0214. The van der Waals surface area contributed by atoms with Crippen LogP contribution in [0.1, 0.15) is 66.7 Å². The minimum Gasteiger partial charge on any atom is -0.381 e. The first-order chi connectivity index (χ1) is 14.2. The van der Waals surface area contributed by atoms with Crippen molar-refractivity contribution < 1.29 is 9.53 Å². The van der Waals surface area contributed by atoms with Crippen LogP contribution < -0.4 is 4.90 Å². The summed E-state index contributed by atoms with van der Waals surface area (Å²) < 4.78 is 7.79. The third-order valence-corrected chi connectivity index (χ3v) is 6.20. The van der Waals surface area contributed by atoms with Crippen LogP contribution in [0.25, 0.3) is 0 Å². The molecule has 3 aliphatic rings. The fourth-order valence-corrected chi connectivity index (χ4v) is 4.66. The average molecular weight is 397 g/mol. The van der Waals surface area contributed by atoms with Gasteiger partial charge in [0.25, 0.3) is 5.91 Å². The Morgan fingerprint density at radius 3 is 2.72 bits per heavy atom. The molecule has 0 saturated carbocycles. The van der Waals surface area contributed by atoms with Crippen LogP contribution in [0.4, 0.5) is 5.82 Å². The van der Waals surface area contributed by atoms with E-state index >= 15 is 0 Å². The van der Waals surface area contributed by atoms with Crippen molar-refractivity contribution in [2.75, 3.05) is 37.7 Å². The molecule has 5 heterocycles. The van der Waals surface area contributed by atoms with Crippen molar-refractivity contribution in [3.63, 3.8) is 0 Å². The van der Waals surface area contributed by atoms with Gasteiger partial charge in [-0.1, -0.05) is 0 Å². The summed E-state index contributed by atoms with van der Waals surface area (Å²) >= 11 is 0. The van der Waals surface area contributed by atoms with E-state index < -0.39 is 0 Å². The summed E-state index contributed by atoms with van der Waals surface area (Å²) in [6, 6.07) is 0.228. The van der Waals surface area contributed by atoms with E-state index in [-0.39, 0.29) is 11.9 Å². The fourth-order valence-electron chi connectivity index (χ4n) is 4.66. The molecule has 0 bridgehead atoms. The molecule has 29 heavy (non-hydrogen) atoms. The van der Waals surface area contributed by atoms with E-state index in [1.54, 1.807) is 12.4 Å². The Morgan fingerprint density at radius 2 is 1.93 bits per heavy atom. The van der Waals surface area contributed by atoms with Crippen LogP contribution in [-0.2, 0) is 11.3 Å². The number of likely N-dealkylation sites (tertiary alicyclic amines) is 1. The van der Waals surface area contributed by atoms with E-state index in [2.05, 4.69) is 36.6 Å². The van der Waals surface area contributed by atoms with Gasteiger partial charge in [0.05, 0.1) is 25.0 Å². The molecule has 0 N–H and O–H groups in total. The van der Waals surface area contributed by atoms with Gasteiger partial charge in [-0.25, -0.2) is 4.98 Å². The Kier molecular flexibility index (Phi) is 4.91. The zero-order chi connectivity index (χ0) is 19.8. The van der Waals surface area contributed by atoms with Crippen molar-refractivity contribution in [1.82, 2.24) is 29.6 Å². The molecule has 9 heteroatoms. The Balaban J connectivity index is 1.37. The number of carbonyl (C=O) groups excluding carboxylic acids is 1. The summed E-state index contributed by atoms with van der Waals surface area (Å²) in [7, 11) is 0. The Bertz CT molecular complexity index is 887. The Labute approximate surface area is 170 Å². The summed E-state index contributed by atoms with van der Waals surface area (Å²) in [5, 5.41) is 9.02. The first-order valence-electron chi connectivity index (χ1n) is 10.6. The molecule has 5 rings (SSSR count). The second kappa shape index (κ2) is 7.70. The SMILES string of the molecule is C[C@H]1CN(c2cncc(C(=O)N3CCCC3)n2)Cc2nnc(C3CCOCC3)n21. The van der Waals surface area contributed by atoms with Crippen LogP contribution in [0.3, 0.4) is 0 Å². The molecule has 2 saturated heterocycles. The second-order valence-corrected chi connectivity index (χ2v) is 8.22. The number of hydrogen-bond acceptors (Lipinski definition) is 7. The lowest BCUT2D eigenvalue weighted by atomic mass is 9.99. The quantitative estimate of drug-likeness (QED) is 0.780. The summed E-state index contributed by atoms with van der Waals surface area (Å²) in [5.74, 6) is 3.15. The van der Waals surface area contributed by atoms with Gasteiger partial charge in [-0.2, -0.15) is 0 Å². The minimum atomic E-state index is -0.0214. The molecular formula is C20H27N7O2. The van der Waals surface area contributed by atoms with Gasteiger partial charge in [-0.05, 0) is 32.6 Å². The molecule has 0 unspecified atom stereocenters. The lowest BCUT2D eigenvalue weighted by Crippen LogP contribution is -2.38. The molecule has 0 aliphatic carbocycles. The van der Waals surface area contributed by atoms with E-state index in [0.717, 1.165) is 76.0 Å². The molecule has 1 atom stereocenters. The molecule has 2 aromatic heterocycles. The molecule has 2 aromatic rings. The maximum absolute atomic E-state index is 12.7. The van der Waals surface area contributed by atoms with Gasteiger partial charge in [0, 0.05) is 38.8 Å². The van der Waals surface area contributed by atoms with Crippen molar-refractivity contribution in [3.05, 3.63) is 29.7 Å². The average Bonchev–Trinajstić information content (AvgIpc) is 3.44. The van der Waals surface area contributed by atoms with Gasteiger partial charge in [0.2, 0.25) is 0 Å². The van der Waals surface area contributed by atoms with E-state index in [9.17, 15) is 4.79 Å². The number of carbonyl (C=O) groups is 1. The van der Waals surface area contributed by atoms with Crippen LogP contribution in [0.15, 0.2) is 12.4 Å². The monoisotopic (exact) mass is 397 g/mol. The van der Waals surface area contributed by atoms with Crippen molar-refractivity contribution in [3.8, 4) is 0 Å². The molecule has 0 spiro atoms. The highest BCUT2D eigenvalue weighted by molar-refractivity contribution is 5.92. The topological polar surface area (TPSA) is 89.3 Å². The smallest absolute Gasteiger partial charge is 0.274 e. The third-order valence-electron chi connectivity index (χ3n) is 6.20. The molecule has 0 aromatic carbocycles. The lowest BCUT2D eigenvalue weighted by molar-refractivity contribution is 0.0786. The number of anilines is 1. The number of nitrogens with zero attached hydrogens (tertiary/aromatic N) is 7. The molecule has 0 radical (unpaired) electrons. The predicted octanol–water partition coefficient (Wildman–Crippen LogP) is 1.78. The van der Waals surface area contributed by atoms with Crippen molar-refractivity contribution in [1.29, 1.82) is 0 Å². The first-order valence-corrected chi connectivity index (χ1v) is 10.6. The Morgan fingerprint density at radius 1 is 1.14 bits per heavy atom. The van der Waals surface area contributed by atoms with Crippen molar-refractivity contribution in [2.45, 2.75) is 51.1 Å². The van der Waals surface area contributed by atoms with E-state index in [1.165, 1.54) is 0 Å². The van der Waals surface area contributed by atoms with Gasteiger partial charge in [0.1, 0.15) is 17.3 Å². The number of hydrogen-bond donors (Lipinski definition) is 0. The number of fused-ring (bicyclic) bond motifs is 1. The predicted molar refractivity (Wildman–Crippen MR) is 106 cm³/mol. The van der Waals surface area contributed by atoms with Crippen LogP contribution in [-0.4, -0.2) is 68.4 Å². The summed E-state index contributed by atoms with van der Waals surface area (Å²) in [5.41, 5.74) is 0.423. The molecule has 154 valence electrons.